The van der Waals surface area contributed by atoms with Crippen LogP contribution in [0.1, 0.15) is 9.75 Å². The molecule has 0 aliphatic heterocycles. The number of rotatable bonds is 5. The van der Waals surface area contributed by atoms with E-state index >= 15 is 0 Å². The van der Waals surface area contributed by atoms with Crippen LogP contribution in [0.4, 0.5) is 25.8 Å². The molecule has 0 bridgehead atoms. The third-order valence-electron chi connectivity index (χ3n) is 3.73. The summed E-state index contributed by atoms with van der Waals surface area (Å²) in [6.07, 6.45) is 0. The van der Waals surface area contributed by atoms with Gasteiger partial charge in [0.05, 0.1) is 17.1 Å². The summed E-state index contributed by atoms with van der Waals surface area (Å²) in [5, 5.41) is 2.65. The highest BCUT2D eigenvalue weighted by molar-refractivity contribution is 14.1. The van der Waals surface area contributed by atoms with Gasteiger partial charge in [0.25, 0.3) is 10.0 Å². The van der Waals surface area contributed by atoms with E-state index in [9.17, 15) is 17.2 Å². The summed E-state index contributed by atoms with van der Waals surface area (Å²) in [6.45, 7) is 3.52. The standard InChI is InChI=1S/C18H15F2IN2O2S2/c1-10-8-17(11(2)26-10)27(24,25)23-16-5-3-4-13(19)18(16)22-15-7-6-12(21)9-14(15)20/h3-9,22-23H,1-2H3. The number of nitrogens with one attached hydrogen (secondary N) is 2. The Balaban J connectivity index is 2.00. The van der Waals surface area contributed by atoms with Gasteiger partial charge < -0.3 is 5.32 Å². The van der Waals surface area contributed by atoms with Gasteiger partial charge >= 0.3 is 0 Å². The van der Waals surface area contributed by atoms with Gasteiger partial charge in [0.1, 0.15) is 16.5 Å². The summed E-state index contributed by atoms with van der Waals surface area (Å²) in [4.78, 5) is 1.63. The predicted octanol–water partition coefficient (Wildman–Crippen LogP) is 5.79. The van der Waals surface area contributed by atoms with E-state index in [4.69, 9.17) is 0 Å². The summed E-state index contributed by atoms with van der Waals surface area (Å²) in [6, 6.07) is 9.96. The molecule has 1 heterocycles. The van der Waals surface area contributed by atoms with Crippen molar-refractivity contribution >= 4 is 61.0 Å². The SMILES string of the molecule is Cc1cc(S(=O)(=O)Nc2cccc(F)c2Nc2ccc(I)cc2F)c(C)s1. The zero-order valence-corrected chi connectivity index (χ0v) is 18.1. The lowest BCUT2D eigenvalue weighted by Crippen LogP contribution is -2.15. The maximum atomic E-state index is 14.4. The van der Waals surface area contributed by atoms with Crippen molar-refractivity contribution in [3.05, 3.63) is 67.4 Å². The minimum Gasteiger partial charge on any atom is -0.349 e. The molecular formula is C18H15F2IN2O2S2. The summed E-state index contributed by atoms with van der Waals surface area (Å²) >= 11 is 3.32. The number of hydrogen-bond acceptors (Lipinski definition) is 4. The number of halogens is 3. The third kappa shape index (κ3) is 4.41. The van der Waals surface area contributed by atoms with Crippen LogP contribution in [0.25, 0.3) is 0 Å². The van der Waals surface area contributed by atoms with Crippen LogP contribution in [-0.4, -0.2) is 8.42 Å². The smallest absolute Gasteiger partial charge is 0.263 e. The van der Waals surface area contributed by atoms with Crippen molar-refractivity contribution in [3.63, 3.8) is 0 Å². The quantitative estimate of drug-likeness (QED) is 0.419. The number of benzene rings is 2. The van der Waals surface area contributed by atoms with Crippen LogP contribution in [0.2, 0.25) is 0 Å². The van der Waals surface area contributed by atoms with E-state index in [1.165, 1.54) is 41.7 Å². The maximum absolute atomic E-state index is 14.4. The molecule has 2 N–H and O–H groups in total. The topological polar surface area (TPSA) is 58.2 Å². The number of hydrogen-bond donors (Lipinski definition) is 2. The van der Waals surface area contributed by atoms with Gasteiger partial charge in [-0.3, -0.25) is 4.72 Å². The van der Waals surface area contributed by atoms with E-state index in [1.54, 1.807) is 19.1 Å². The second-order valence-electron chi connectivity index (χ2n) is 5.79. The molecule has 142 valence electrons. The van der Waals surface area contributed by atoms with Crippen LogP contribution in [0.5, 0.6) is 0 Å². The van der Waals surface area contributed by atoms with Crippen molar-refractivity contribution in [2.75, 3.05) is 10.0 Å². The molecule has 0 amide bonds. The van der Waals surface area contributed by atoms with Gasteiger partial charge in [-0.05, 0) is 72.8 Å². The lowest BCUT2D eigenvalue weighted by molar-refractivity contribution is 0.601. The van der Waals surface area contributed by atoms with E-state index in [-0.39, 0.29) is 22.0 Å². The summed E-state index contributed by atoms with van der Waals surface area (Å²) in [5.41, 5.74) is -0.106. The van der Waals surface area contributed by atoms with Crippen LogP contribution in [0.3, 0.4) is 0 Å². The second kappa shape index (κ2) is 7.72. The molecule has 3 aromatic rings. The van der Waals surface area contributed by atoms with Crippen LogP contribution in [0.15, 0.2) is 47.4 Å². The molecule has 0 unspecified atom stereocenters. The van der Waals surface area contributed by atoms with Crippen molar-refractivity contribution in [1.29, 1.82) is 0 Å². The van der Waals surface area contributed by atoms with E-state index < -0.39 is 21.7 Å². The summed E-state index contributed by atoms with van der Waals surface area (Å²) in [7, 11) is -3.91. The van der Waals surface area contributed by atoms with Gasteiger partial charge in [0, 0.05) is 13.3 Å². The number of aryl methyl sites for hydroxylation is 2. The van der Waals surface area contributed by atoms with E-state index in [2.05, 4.69) is 10.0 Å². The first kappa shape index (κ1) is 20.0. The van der Waals surface area contributed by atoms with Crippen LogP contribution in [0, 0.1) is 29.1 Å². The van der Waals surface area contributed by atoms with Gasteiger partial charge in [-0.2, -0.15) is 0 Å². The predicted molar refractivity (Wildman–Crippen MR) is 113 cm³/mol. The highest BCUT2D eigenvalue weighted by Gasteiger charge is 2.22. The van der Waals surface area contributed by atoms with Gasteiger partial charge in [-0.25, -0.2) is 17.2 Å². The Kier molecular flexibility index (Phi) is 5.73. The first-order valence-electron chi connectivity index (χ1n) is 7.78. The molecule has 0 fully saturated rings. The summed E-state index contributed by atoms with van der Waals surface area (Å²) in [5.74, 6) is -1.27. The van der Waals surface area contributed by atoms with E-state index in [0.717, 1.165) is 4.88 Å². The molecule has 27 heavy (non-hydrogen) atoms. The summed E-state index contributed by atoms with van der Waals surface area (Å²) < 4.78 is 57.1. The van der Waals surface area contributed by atoms with Crippen molar-refractivity contribution in [2.24, 2.45) is 0 Å². The largest absolute Gasteiger partial charge is 0.349 e. The molecule has 0 aliphatic rings. The Morgan fingerprint density at radius 1 is 1.00 bits per heavy atom. The van der Waals surface area contributed by atoms with Crippen molar-refractivity contribution < 1.29 is 17.2 Å². The molecule has 2 aromatic carbocycles. The Labute approximate surface area is 173 Å². The van der Waals surface area contributed by atoms with Crippen LogP contribution >= 0.6 is 33.9 Å². The zero-order chi connectivity index (χ0) is 19.8. The number of sulfonamides is 1. The lowest BCUT2D eigenvalue weighted by Gasteiger charge is -2.15. The first-order chi connectivity index (χ1) is 12.7. The fraction of sp³-hybridized carbons (Fsp3) is 0.111. The molecule has 0 saturated carbocycles. The molecule has 0 aliphatic carbocycles. The zero-order valence-electron chi connectivity index (χ0n) is 14.3. The van der Waals surface area contributed by atoms with Gasteiger partial charge in [-0.15, -0.1) is 11.3 Å². The number of para-hydroxylation sites is 1. The van der Waals surface area contributed by atoms with E-state index in [1.807, 2.05) is 29.5 Å². The Morgan fingerprint density at radius 3 is 2.37 bits per heavy atom. The minimum atomic E-state index is -3.91. The molecule has 0 saturated heterocycles. The van der Waals surface area contributed by atoms with Gasteiger partial charge in [0.15, 0.2) is 0 Å². The van der Waals surface area contributed by atoms with E-state index in [0.29, 0.717) is 8.45 Å². The molecule has 0 atom stereocenters. The molecule has 9 heteroatoms. The van der Waals surface area contributed by atoms with Crippen LogP contribution < -0.4 is 10.0 Å². The molecule has 0 radical (unpaired) electrons. The first-order valence-corrected chi connectivity index (χ1v) is 11.2. The fourth-order valence-corrected chi connectivity index (χ4v) is 5.62. The number of anilines is 3. The van der Waals surface area contributed by atoms with Crippen molar-refractivity contribution in [2.45, 2.75) is 18.7 Å². The lowest BCUT2D eigenvalue weighted by atomic mass is 10.2. The Hall–Kier alpha value is -1.72. The Bertz CT molecular complexity index is 1110. The van der Waals surface area contributed by atoms with Crippen molar-refractivity contribution in [3.8, 4) is 0 Å². The molecule has 1 aromatic heterocycles. The maximum Gasteiger partial charge on any atom is 0.263 e. The molecule has 0 spiro atoms. The molecule has 4 nitrogen and oxygen atoms in total. The highest BCUT2D eigenvalue weighted by Crippen LogP contribution is 2.33. The van der Waals surface area contributed by atoms with Crippen molar-refractivity contribution in [1.82, 2.24) is 0 Å². The van der Waals surface area contributed by atoms with Gasteiger partial charge in [0.2, 0.25) is 0 Å². The normalized spacial score (nSPS) is 11.4. The minimum absolute atomic E-state index is 0.00352. The highest BCUT2D eigenvalue weighted by atomic mass is 127. The average molecular weight is 520 g/mol. The molecule has 3 rings (SSSR count). The van der Waals surface area contributed by atoms with Gasteiger partial charge in [-0.1, -0.05) is 6.07 Å². The van der Waals surface area contributed by atoms with Crippen LogP contribution in [-0.2, 0) is 10.0 Å². The fourth-order valence-electron chi connectivity index (χ4n) is 2.54. The molecular weight excluding hydrogens is 505 g/mol. The second-order valence-corrected chi connectivity index (χ2v) is 10.2. The number of thiophene rings is 1. The monoisotopic (exact) mass is 520 g/mol. The third-order valence-corrected chi connectivity index (χ3v) is 6.99. The Morgan fingerprint density at radius 2 is 1.74 bits per heavy atom. The average Bonchev–Trinajstić information content (AvgIpc) is 2.92.